The lowest BCUT2D eigenvalue weighted by Crippen LogP contribution is -2.37. The summed E-state index contributed by atoms with van der Waals surface area (Å²) in [5.41, 5.74) is 5.57. The van der Waals surface area contributed by atoms with Crippen LogP contribution in [0.1, 0.15) is 62.9 Å². The van der Waals surface area contributed by atoms with Crippen LogP contribution in [0.15, 0.2) is 4.99 Å². The molecular formula is C14H27N3O2. The van der Waals surface area contributed by atoms with Crippen LogP contribution in [0.3, 0.4) is 0 Å². The van der Waals surface area contributed by atoms with Gasteiger partial charge in [-0.2, -0.15) is 4.99 Å². The van der Waals surface area contributed by atoms with Gasteiger partial charge in [-0.25, -0.2) is 0 Å². The number of nitrogens with two attached hydrogens (primary N) is 1. The maximum absolute atomic E-state index is 11.7. The van der Waals surface area contributed by atoms with Crippen LogP contribution in [0.2, 0.25) is 0 Å². The zero-order chi connectivity index (χ0) is 17.2. The van der Waals surface area contributed by atoms with E-state index in [4.69, 9.17) is 9.85 Å². The Morgan fingerprint density at radius 1 is 1.21 bits per heavy atom. The Balaban J connectivity index is 4.40. The zero-order valence-corrected chi connectivity index (χ0v) is 11.9. The van der Waals surface area contributed by atoms with E-state index >= 15 is 0 Å². The van der Waals surface area contributed by atoms with Crippen molar-refractivity contribution in [2.75, 3.05) is 13.5 Å². The number of hydrogen-bond acceptors (Lipinski definition) is 2. The highest BCUT2D eigenvalue weighted by molar-refractivity contribution is 5.93. The molecule has 110 valence electrons. The molecule has 0 aromatic rings. The number of carbonyl (C=O) groups excluding carboxylic acids is 2. The monoisotopic (exact) mass is 272 g/mol. The lowest BCUT2D eigenvalue weighted by atomic mass is 10.1. The van der Waals surface area contributed by atoms with Crippen molar-refractivity contribution < 1.29 is 13.7 Å². The fourth-order valence-electron chi connectivity index (χ4n) is 1.60. The van der Waals surface area contributed by atoms with E-state index in [0.717, 1.165) is 19.3 Å². The zero-order valence-electron chi connectivity index (χ0n) is 14.9. The van der Waals surface area contributed by atoms with Crippen LogP contribution >= 0.6 is 0 Å². The molecule has 1 amide bonds. The predicted octanol–water partition coefficient (Wildman–Crippen LogP) is 2.10. The third-order valence-electron chi connectivity index (χ3n) is 2.64. The summed E-state index contributed by atoms with van der Waals surface area (Å²) in [6.45, 7) is 0.401. The first-order valence-corrected chi connectivity index (χ1v) is 6.82. The molecule has 0 aliphatic rings. The van der Waals surface area contributed by atoms with Gasteiger partial charge in [0.15, 0.2) is 5.96 Å². The van der Waals surface area contributed by atoms with E-state index in [9.17, 15) is 9.59 Å². The van der Waals surface area contributed by atoms with Gasteiger partial charge >= 0.3 is 0 Å². The topological polar surface area (TPSA) is 75.8 Å². The van der Waals surface area contributed by atoms with Gasteiger partial charge in [-0.3, -0.25) is 9.59 Å². The summed E-state index contributed by atoms with van der Waals surface area (Å²) in [6, 6.07) is 0. The van der Waals surface area contributed by atoms with Crippen molar-refractivity contribution in [3.05, 3.63) is 0 Å². The fourth-order valence-corrected chi connectivity index (χ4v) is 1.60. The molecular weight excluding hydrogens is 242 g/mol. The van der Waals surface area contributed by atoms with E-state index < -0.39 is 25.4 Å². The van der Waals surface area contributed by atoms with Crippen LogP contribution in [0, 0.1) is 0 Å². The number of unbranched alkanes of at least 4 members (excludes halogenated alkanes) is 5. The molecule has 0 saturated heterocycles. The Morgan fingerprint density at radius 2 is 1.84 bits per heavy atom. The van der Waals surface area contributed by atoms with Gasteiger partial charge < -0.3 is 10.6 Å². The maximum Gasteiger partial charge on any atom is 0.248 e. The number of hydrogen-bond donors (Lipinski definition) is 1. The molecule has 0 bridgehead atoms. The normalized spacial score (nSPS) is 14.4. The summed E-state index contributed by atoms with van der Waals surface area (Å²) in [7, 11) is 0. The molecule has 0 aliphatic carbocycles. The summed E-state index contributed by atoms with van der Waals surface area (Å²) in [6.07, 6.45) is 6.48. The summed E-state index contributed by atoms with van der Waals surface area (Å²) >= 11 is 0. The third-order valence-corrected chi connectivity index (χ3v) is 2.64. The first kappa shape index (κ1) is 12.6. The number of likely N-dealkylation sites (N-methyl/N-ethyl adjacent to an activating group) is 1. The lowest BCUT2D eigenvalue weighted by molar-refractivity contribution is -0.119. The summed E-state index contributed by atoms with van der Waals surface area (Å²) in [4.78, 5) is 27.1. The number of aliphatic imine (C=N–C) groups is 1. The van der Waals surface area contributed by atoms with E-state index in [0.29, 0.717) is 11.3 Å². The highest BCUT2D eigenvalue weighted by atomic mass is 16.1. The summed E-state index contributed by atoms with van der Waals surface area (Å²) < 4.78 is 22.0. The van der Waals surface area contributed by atoms with Gasteiger partial charge in [0.2, 0.25) is 5.91 Å². The fraction of sp³-hybridized carbons (Fsp3) is 0.786. The molecule has 5 nitrogen and oxygen atoms in total. The molecule has 0 unspecified atom stereocenters. The molecule has 0 fully saturated rings. The highest BCUT2D eigenvalue weighted by Gasteiger charge is 2.07. The first-order chi connectivity index (χ1) is 10.2. The smallest absolute Gasteiger partial charge is 0.248 e. The molecule has 0 heterocycles. The van der Waals surface area contributed by atoms with Crippen LogP contribution in [-0.4, -0.2) is 36.1 Å². The Labute approximate surface area is 120 Å². The van der Waals surface area contributed by atoms with Crippen LogP contribution in [0.25, 0.3) is 0 Å². The van der Waals surface area contributed by atoms with Gasteiger partial charge in [0.05, 0.1) is 6.54 Å². The molecule has 19 heavy (non-hydrogen) atoms. The van der Waals surface area contributed by atoms with E-state index in [1.807, 2.05) is 0 Å². The Kier molecular flexibility index (Phi) is 7.00. The van der Waals surface area contributed by atoms with E-state index in [1.165, 1.54) is 19.8 Å². The van der Waals surface area contributed by atoms with Gasteiger partial charge in [-0.1, -0.05) is 39.0 Å². The van der Waals surface area contributed by atoms with Gasteiger partial charge in [0, 0.05) is 17.5 Å². The summed E-state index contributed by atoms with van der Waals surface area (Å²) in [5.74, 6) is -1.24. The summed E-state index contributed by atoms with van der Waals surface area (Å²) in [5, 5.41) is 0. The van der Waals surface area contributed by atoms with Crippen molar-refractivity contribution in [3.63, 3.8) is 0 Å². The number of rotatable bonds is 9. The molecule has 2 N–H and O–H groups in total. The predicted molar refractivity (Wildman–Crippen MR) is 77.9 cm³/mol. The number of guanidine groups is 1. The molecule has 0 spiro atoms. The minimum atomic E-state index is -2.60. The van der Waals surface area contributed by atoms with Crippen molar-refractivity contribution in [2.24, 2.45) is 10.7 Å². The van der Waals surface area contributed by atoms with Crippen LogP contribution in [0.5, 0.6) is 0 Å². The molecule has 0 atom stereocenters. The largest absolute Gasteiger partial charge is 0.369 e. The average Bonchev–Trinajstić information content (AvgIpc) is 2.38. The Hall–Kier alpha value is -1.39. The molecule has 5 heteroatoms. The average molecular weight is 272 g/mol. The molecule has 0 aliphatic heterocycles. The minimum absolute atomic E-state index is 0.238. The Morgan fingerprint density at radius 3 is 2.42 bits per heavy atom. The quantitative estimate of drug-likeness (QED) is 0.396. The lowest BCUT2D eigenvalue weighted by Gasteiger charge is -2.15. The van der Waals surface area contributed by atoms with Gasteiger partial charge in [0.1, 0.15) is 5.78 Å². The maximum atomic E-state index is 11.7. The molecule has 0 radical (unpaired) electrons. The molecule has 0 saturated carbocycles. The second-order valence-electron chi connectivity index (χ2n) is 4.67. The number of carbonyl (C=O) groups is 2. The van der Waals surface area contributed by atoms with Crippen molar-refractivity contribution in [3.8, 4) is 0 Å². The van der Waals surface area contributed by atoms with E-state index in [-0.39, 0.29) is 12.2 Å². The first-order valence-electron chi connectivity index (χ1n) is 8.32. The molecule has 0 rings (SSSR count). The Bertz CT molecular complexity index is 395. The van der Waals surface area contributed by atoms with E-state index in [1.54, 1.807) is 0 Å². The van der Waals surface area contributed by atoms with Crippen LogP contribution in [-0.2, 0) is 9.59 Å². The van der Waals surface area contributed by atoms with Crippen molar-refractivity contribution in [1.82, 2.24) is 4.90 Å². The van der Waals surface area contributed by atoms with Crippen molar-refractivity contribution in [2.45, 2.75) is 58.8 Å². The van der Waals surface area contributed by atoms with Gasteiger partial charge in [-0.05, 0) is 13.3 Å². The number of ketones is 1. The number of nitrogens with zero attached hydrogens (tertiary/aromatic N) is 2. The molecule has 0 aromatic carbocycles. The van der Waals surface area contributed by atoms with Crippen LogP contribution in [0.4, 0.5) is 0 Å². The van der Waals surface area contributed by atoms with Gasteiger partial charge in [-0.15, -0.1) is 0 Å². The minimum Gasteiger partial charge on any atom is -0.369 e. The highest BCUT2D eigenvalue weighted by Crippen LogP contribution is 2.07. The van der Waals surface area contributed by atoms with Crippen LogP contribution < -0.4 is 5.73 Å². The van der Waals surface area contributed by atoms with E-state index in [2.05, 4.69) is 11.9 Å². The second-order valence-corrected chi connectivity index (χ2v) is 4.67. The standard InChI is InChI=1S/C14H27N3O2/c1-4-5-6-7-8-9-10-13(19)16-14(15)17(3)11-12(2)18/h4-11H2,1-3H3,(H2,15,16,19)/i3D3. The van der Waals surface area contributed by atoms with Crippen molar-refractivity contribution >= 4 is 17.6 Å². The van der Waals surface area contributed by atoms with Gasteiger partial charge in [0.25, 0.3) is 0 Å². The second kappa shape index (κ2) is 10.5. The third kappa shape index (κ3) is 10.2. The SMILES string of the molecule is [2H]C([2H])([2H])N(CC(C)=O)C(N)=NC(=O)CCCCCCCC. The number of amides is 1. The molecule has 0 aromatic heterocycles. The van der Waals surface area contributed by atoms with Crippen molar-refractivity contribution in [1.29, 1.82) is 0 Å². The number of Topliss-reactive ketones (excluding diaryl/α,β-unsaturated/α-hetero) is 1.